The Labute approximate surface area is 115 Å². The van der Waals surface area contributed by atoms with Gasteiger partial charge in [0.1, 0.15) is 0 Å². The zero-order valence-corrected chi connectivity index (χ0v) is 12.9. The Balaban J connectivity index is 2.32. The van der Waals surface area contributed by atoms with E-state index in [9.17, 15) is 8.42 Å². The molecule has 0 aliphatic carbocycles. The van der Waals surface area contributed by atoms with Crippen LogP contribution in [0.4, 0.5) is 0 Å². The zero-order chi connectivity index (χ0) is 14.3. The van der Waals surface area contributed by atoms with Crippen LogP contribution >= 0.6 is 0 Å². The van der Waals surface area contributed by atoms with Crippen molar-refractivity contribution in [2.45, 2.75) is 45.7 Å². The molecule has 2 heterocycles. The summed E-state index contributed by atoms with van der Waals surface area (Å²) in [6.07, 6.45) is 2.51. The molecule has 2 atom stereocenters. The van der Waals surface area contributed by atoms with Crippen LogP contribution in [0.3, 0.4) is 0 Å². The predicted octanol–water partition coefficient (Wildman–Crippen LogP) is 1.40. The highest BCUT2D eigenvalue weighted by molar-refractivity contribution is 7.91. The van der Waals surface area contributed by atoms with E-state index in [2.05, 4.69) is 24.3 Å². The van der Waals surface area contributed by atoms with Crippen molar-refractivity contribution >= 4 is 9.84 Å². The van der Waals surface area contributed by atoms with Gasteiger partial charge in [-0.1, -0.05) is 6.92 Å². The molecule has 0 aromatic carbocycles. The molecular weight excluding hydrogens is 262 g/mol. The summed E-state index contributed by atoms with van der Waals surface area (Å²) in [5.41, 5.74) is 1.81. The lowest BCUT2D eigenvalue weighted by Crippen LogP contribution is -2.33. The third-order valence-corrected chi connectivity index (χ3v) is 5.91. The topological polar surface area (TPSA) is 64.0 Å². The lowest BCUT2D eigenvalue weighted by molar-refractivity contribution is 0.321. The van der Waals surface area contributed by atoms with Gasteiger partial charge in [0, 0.05) is 17.3 Å². The SMILES string of the molecule is CCNC(C)c1cnn(C2(C)CCS(=O)(=O)C2)c1C. The lowest BCUT2D eigenvalue weighted by atomic mass is 10.0. The Bertz CT molecular complexity index is 564. The van der Waals surface area contributed by atoms with Crippen molar-refractivity contribution in [1.29, 1.82) is 0 Å². The van der Waals surface area contributed by atoms with Crippen molar-refractivity contribution in [3.8, 4) is 0 Å². The fourth-order valence-corrected chi connectivity index (χ4v) is 5.08. The number of nitrogens with zero attached hydrogens (tertiary/aromatic N) is 2. The molecule has 1 fully saturated rings. The molecule has 6 heteroatoms. The molecule has 0 saturated carbocycles. The number of hydrogen-bond donors (Lipinski definition) is 1. The third-order valence-electron chi connectivity index (χ3n) is 4.02. The van der Waals surface area contributed by atoms with E-state index in [0.717, 1.165) is 17.8 Å². The standard InChI is InChI=1S/C13H23N3O2S/c1-5-14-10(2)12-8-15-16(11(12)3)13(4)6-7-19(17,18)9-13/h8,10,14H,5-7,9H2,1-4H3. The van der Waals surface area contributed by atoms with Crippen molar-refractivity contribution < 1.29 is 8.42 Å². The van der Waals surface area contributed by atoms with Crippen LogP contribution in [0.5, 0.6) is 0 Å². The van der Waals surface area contributed by atoms with Crippen LogP contribution in [0.15, 0.2) is 6.20 Å². The smallest absolute Gasteiger partial charge is 0.152 e. The van der Waals surface area contributed by atoms with Crippen molar-refractivity contribution in [3.05, 3.63) is 17.5 Å². The first-order valence-electron chi connectivity index (χ1n) is 6.78. The summed E-state index contributed by atoms with van der Waals surface area (Å²) in [7, 11) is -2.92. The predicted molar refractivity (Wildman–Crippen MR) is 76.0 cm³/mol. The van der Waals surface area contributed by atoms with Crippen LogP contribution in [-0.4, -0.2) is 36.2 Å². The summed E-state index contributed by atoms with van der Waals surface area (Å²) < 4.78 is 25.3. The molecule has 0 bridgehead atoms. The molecule has 1 aliphatic heterocycles. The average Bonchev–Trinajstić information content (AvgIpc) is 2.81. The molecule has 19 heavy (non-hydrogen) atoms. The van der Waals surface area contributed by atoms with Gasteiger partial charge in [0.15, 0.2) is 9.84 Å². The molecule has 2 unspecified atom stereocenters. The van der Waals surface area contributed by atoms with E-state index in [1.807, 2.05) is 24.7 Å². The quantitative estimate of drug-likeness (QED) is 0.908. The largest absolute Gasteiger partial charge is 0.310 e. The van der Waals surface area contributed by atoms with Gasteiger partial charge in [-0.05, 0) is 33.7 Å². The van der Waals surface area contributed by atoms with E-state index in [1.165, 1.54) is 0 Å². The maximum atomic E-state index is 11.7. The molecule has 5 nitrogen and oxygen atoms in total. The van der Waals surface area contributed by atoms with Crippen LogP contribution in [0.2, 0.25) is 0 Å². The number of rotatable bonds is 4. The van der Waals surface area contributed by atoms with E-state index >= 15 is 0 Å². The lowest BCUT2D eigenvalue weighted by Gasteiger charge is -2.25. The average molecular weight is 285 g/mol. The van der Waals surface area contributed by atoms with E-state index in [1.54, 1.807) is 0 Å². The molecule has 0 spiro atoms. The summed E-state index contributed by atoms with van der Waals surface area (Å²) in [6, 6.07) is 0.236. The minimum absolute atomic E-state index is 0.192. The minimum Gasteiger partial charge on any atom is -0.310 e. The summed E-state index contributed by atoms with van der Waals surface area (Å²) in [5.74, 6) is 0.457. The molecule has 1 aromatic heterocycles. The van der Waals surface area contributed by atoms with Crippen molar-refractivity contribution in [2.75, 3.05) is 18.1 Å². The van der Waals surface area contributed by atoms with Crippen molar-refractivity contribution in [3.63, 3.8) is 0 Å². The molecule has 0 amide bonds. The normalized spacial score (nSPS) is 27.6. The number of sulfone groups is 1. The number of nitrogens with one attached hydrogen (secondary N) is 1. The van der Waals surface area contributed by atoms with Crippen LogP contribution < -0.4 is 5.32 Å². The maximum Gasteiger partial charge on any atom is 0.152 e. The summed E-state index contributed by atoms with van der Waals surface area (Å²) in [4.78, 5) is 0. The molecule has 2 rings (SSSR count). The van der Waals surface area contributed by atoms with Gasteiger partial charge in [0.2, 0.25) is 0 Å². The van der Waals surface area contributed by atoms with Gasteiger partial charge in [0.25, 0.3) is 0 Å². The molecule has 1 saturated heterocycles. The first kappa shape index (κ1) is 14.5. The van der Waals surface area contributed by atoms with E-state index in [4.69, 9.17) is 0 Å². The summed E-state index contributed by atoms with van der Waals surface area (Å²) >= 11 is 0. The molecule has 1 aliphatic rings. The Morgan fingerprint density at radius 2 is 2.26 bits per heavy atom. The molecule has 1 aromatic rings. The Morgan fingerprint density at radius 3 is 2.79 bits per heavy atom. The van der Waals surface area contributed by atoms with Crippen LogP contribution in [0.1, 0.15) is 44.5 Å². The van der Waals surface area contributed by atoms with Crippen LogP contribution in [-0.2, 0) is 15.4 Å². The highest BCUT2D eigenvalue weighted by Crippen LogP contribution is 2.32. The van der Waals surface area contributed by atoms with Gasteiger partial charge in [-0.15, -0.1) is 0 Å². The van der Waals surface area contributed by atoms with Gasteiger partial charge < -0.3 is 5.32 Å². The number of aromatic nitrogens is 2. The number of hydrogen-bond acceptors (Lipinski definition) is 4. The summed E-state index contributed by atoms with van der Waals surface area (Å²) in [6.45, 7) is 9.08. The fourth-order valence-electron chi connectivity index (χ4n) is 2.97. The van der Waals surface area contributed by atoms with Crippen LogP contribution in [0, 0.1) is 6.92 Å². The maximum absolute atomic E-state index is 11.7. The molecular formula is C13H23N3O2S. The van der Waals surface area contributed by atoms with Gasteiger partial charge in [0.05, 0.1) is 23.2 Å². The van der Waals surface area contributed by atoms with Gasteiger partial charge in [-0.25, -0.2) is 8.42 Å². The van der Waals surface area contributed by atoms with Crippen LogP contribution in [0.25, 0.3) is 0 Å². The Hall–Kier alpha value is -0.880. The second kappa shape index (κ2) is 4.90. The highest BCUT2D eigenvalue weighted by atomic mass is 32.2. The Morgan fingerprint density at radius 1 is 1.58 bits per heavy atom. The van der Waals surface area contributed by atoms with E-state index in [-0.39, 0.29) is 17.5 Å². The fraction of sp³-hybridized carbons (Fsp3) is 0.769. The van der Waals surface area contributed by atoms with E-state index < -0.39 is 15.4 Å². The first-order valence-corrected chi connectivity index (χ1v) is 8.60. The van der Waals surface area contributed by atoms with E-state index in [0.29, 0.717) is 6.42 Å². The molecule has 108 valence electrons. The van der Waals surface area contributed by atoms with Gasteiger partial charge >= 0.3 is 0 Å². The highest BCUT2D eigenvalue weighted by Gasteiger charge is 2.41. The zero-order valence-electron chi connectivity index (χ0n) is 12.1. The molecule has 0 radical (unpaired) electrons. The van der Waals surface area contributed by atoms with Gasteiger partial charge in [-0.2, -0.15) is 5.10 Å². The second-order valence-corrected chi connectivity index (χ2v) is 7.90. The monoisotopic (exact) mass is 285 g/mol. The second-order valence-electron chi connectivity index (χ2n) is 5.72. The van der Waals surface area contributed by atoms with Gasteiger partial charge in [-0.3, -0.25) is 4.68 Å². The van der Waals surface area contributed by atoms with Crippen molar-refractivity contribution in [2.24, 2.45) is 0 Å². The third kappa shape index (κ3) is 2.69. The first-order chi connectivity index (χ1) is 8.79. The minimum atomic E-state index is -2.92. The summed E-state index contributed by atoms with van der Waals surface area (Å²) in [5, 5.41) is 7.81. The Kier molecular flexibility index (Phi) is 3.75. The molecule has 1 N–H and O–H groups in total. The van der Waals surface area contributed by atoms with Crippen molar-refractivity contribution in [1.82, 2.24) is 15.1 Å².